The number of rotatable bonds is 4. The fourth-order valence-corrected chi connectivity index (χ4v) is 2.79. The van der Waals surface area contributed by atoms with Crippen molar-refractivity contribution in [2.24, 2.45) is 0 Å². The van der Waals surface area contributed by atoms with Crippen LogP contribution in [0.1, 0.15) is 20.7 Å². The molecule has 3 heterocycles. The van der Waals surface area contributed by atoms with E-state index in [2.05, 4.69) is 31.4 Å². The van der Waals surface area contributed by atoms with Crippen LogP contribution in [0.5, 0.6) is 0 Å². The molecule has 10 heteroatoms. The van der Waals surface area contributed by atoms with E-state index in [1.54, 1.807) is 36.4 Å². The first-order chi connectivity index (χ1) is 12.5. The van der Waals surface area contributed by atoms with E-state index >= 15 is 0 Å². The lowest BCUT2D eigenvalue weighted by atomic mass is 10.1. The van der Waals surface area contributed by atoms with Gasteiger partial charge in [-0.05, 0) is 40.2 Å². The Balaban J connectivity index is 1.45. The van der Waals surface area contributed by atoms with Crippen LogP contribution in [0.3, 0.4) is 0 Å². The van der Waals surface area contributed by atoms with E-state index in [1.807, 2.05) is 0 Å². The van der Waals surface area contributed by atoms with E-state index in [0.29, 0.717) is 10.4 Å². The molecule has 1 aliphatic rings. The Bertz CT molecular complexity index is 1010. The van der Waals surface area contributed by atoms with Crippen LogP contribution in [0.15, 0.2) is 49.9 Å². The van der Waals surface area contributed by atoms with Gasteiger partial charge in [0.1, 0.15) is 6.54 Å². The first-order valence-corrected chi connectivity index (χ1v) is 8.16. The monoisotopic (exact) mass is 416 g/mol. The van der Waals surface area contributed by atoms with Gasteiger partial charge in [0.2, 0.25) is 5.91 Å². The van der Waals surface area contributed by atoms with E-state index in [4.69, 9.17) is 8.83 Å². The summed E-state index contributed by atoms with van der Waals surface area (Å²) in [6.45, 7) is -0.462. The molecule has 0 atom stereocenters. The standard InChI is InChI=1S/C16H9BrN4O5/c17-11-6-5-10(25-11)13-19-20-16(26-13)18-12(22)7-21-14(23)8-3-1-2-4-9(8)15(21)24/h1-6H,7H2,(H,18,20,22). The van der Waals surface area contributed by atoms with Gasteiger partial charge in [-0.15, -0.1) is 5.10 Å². The average Bonchev–Trinajstić information content (AvgIpc) is 3.32. The van der Waals surface area contributed by atoms with E-state index in [0.717, 1.165) is 4.90 Å². The van der Waals surface area contributed by atoms with Gasteiger partial charge in [0.15, 0.2) is 10.4 Å². The summed E-state index contributed by atoms with van der Waals surface area (Å²) in [7, 11) is 0. The predicted octanol–water partition coefficient (Wildman–Crippen LogP) is 2.33. The normalized spacial score (nSPS) is 13.2. The van der Waals surface area contributed by atoms with Crippen LogP contribution >= 0.6 is 15.9 Å². The maximum atomic E-state index is 12.2. The Hall–Kier alpha value is -3.27. The van der Waals surface area contributed by atoms with E-state index in [9.17, 15) is 14.4 Å². The number of amides is 3. The SMILES string of the molecule is O=C(CN1C(=O)c2ccccc2C1=O)Nc1nnc(-c2ccc(Br)o2)o1. The van der Waals surface area contributed by atoms with Crippen molar-refractivity contribution < 1.29 is 23.2 Å². The second-order valence-electron chi connectivity index (χ2n) is 5.31. The quantitative estimate of drug-likeness (QED) is 0.648. The van der Waals surface area contributed by atoms with Crippen molar-refractivity contribution in [2.45, 2.75) is 0 Å². The smallest absolute Gasteiger partial charge is 0.322 e. The van der Waals surface area contributed by atoms with Gasteiger partial charge in [0.05, 0.1) is 11.1 Å². The third-order valence-corrected chi connectivity index (χ3v) is 4.06. The van der Waals surface area contributed by atoms with Gasteiger partial charge in [-0.2, -0.15) is 0 Å². The molecule has 0 spiro atoms. The number of fused-ring (bicyclic) bond motifs is 1. The summed E-state index contributed by atoms with van der Waals surface area (Å²) in [5.41, 5.74) is 0.544. The van der Waals surface area contributed by atoms with Crippen molar-refractivity contribution >= 4 is 39.7 Å². The van der Waals surface area contributed by atoms with Crippen molar-refractivity contribution in [3.05, 3.63) is 52.2 Å². The molecule has 0 fully saturated rings. The number of nitrogens with one attached hydrogen (secondary N) is 1. The summed E-state index contributed by atoms with van der Waals surface area (Å²) < 4.78 is 11.0. The number of halogens is 1. The number of benzene rings is 1. The number of carbonyl (C=O) groups excluding carboxylic acids is 3. The fourth-order valence-electron chi connectivity index (χ4n) is 2.49. The Morgan fingerprint density at radius 1 is 1.04 bits per heavy atom. The molecule has 0 saturated carbocycles. The summed E-state index contributed by atoms with van der Waals surface area (Å²) >= 11 is 3.15. The first-order valence-electron chi connectivity index (χ1n) is 7.37. The summed E-state index contributed by atoms with van der Waals surface area (Å²) in [6.07, 6.45) is 0. The maximum Gasteiger partial charge on any atom is 0.322 e. The van der Waals surface area contributed by atoms with Crippen LogP contribution < -0.4 is 5.32 Å². The lowest BCUT2D eigenvalue weighted by molar-refractivity contribution is -0.116. The molecule has 2 aromatic heterocycles. The maximum absolute atomic E-state index is 12.2. The molecule has 0 radical (unpaired) electrons. The molecule has 3 aromatic rings. The van der Waals surface area contributed by atoms with Crippen LogP contribution in [0.25, 0.3) is 11.7 Å². The Morgan fingerprint density at radius 2 is 1.73 bits per heavy atom. The number of aromatic nitrogens is 2. The van der Waals surface area contributed by atoms with Gasteiger partial charge in [-0.25, -0.2) is 0 Å². The second kappa shape index (κ2) is 6.23. The van der Waals surface area contributed by atoms with Gasteiger partial charge in [-0.1, -0.05) is 17.2 Å². The van der Waals surface area contributed by atoms with E-state index < -0.39 is 24.3 Å². The molecule has 1 N–H and O–H groups in total. The molecule has 4 rings (SSSR count). The molecule has 26 heavy (non-hydrogen) atoms. The first kappa shape index (κ1) is 16.2. The highest BCUT2D eigenvalue weighted by Gasteiger charge is 2.36. The highest BCUT2D eigenvalue weighted by Crippen LogP contribution is 2.25. The third-order valence-electron chi connectivity index (χ3n) is 3.64. The van der Waals surface area contributed by atoms with Gasteiger partial charge >= 0.3 is 6.01 Å². The number of nitrogens with zero attached hydrogens (tertiary/aromatic N) is 3. The highest BCUT2D eigenvalue weighted by atomic mass is 79.9. The van der Waals surface area contributed by atoms with Gasteiger partial charge in [0.25, 0.3) is 17.7 Å². The summed E-state index contributed by atoms with van der Waals surface area (Å²) in [5, 5.41) is 9.79. The van der Waals surface area contributed by atoms with E-state index in [-0.39, 0.29) is 23.0 Å². The molecule has 0 aliphatic carbocycles. The molecule has 0 unspecified atom stereocenters. The van der Waals surface area contributed by atoms with E-state index in [1.165, 1.54) is 0 Å². The molecular formula is C16H9BrN4O5. The lowest BCUT2D eigenvalue weighted by Crippen LogP contribution is -2.37. The van der Waals surface area contributed by atoms with Gasteiger partial charge in [0, 0.05) is 0 Å². The zero-order valence-corrected chi connectivity index (χ0v) is 14.5. The molecule has 0 saturated heterocycles. The van der Waals surface area contributed by atoms with Crippen LogP contribution in [0.4, 0.5) is 6.01 Å². The van der Waals surface area contributed by atoms with Crippen LogP contribution in [0, 0.1) is 0 Å². The molecule has 1 aromatic carbocycles. The van der Waals surface area contributed by atoms with Crippen molar-refractivity contribution in [1.82, 2.24) is 15.1 Å². The number of anilines is 1. The highest BCUT2D eigenvalue weighted by molar-refractivity contribution is 9.10. The fraction of sp³-hybridized carbons (Fsp3) is 0.0625. The minimum absolute atomic E-state index is 0.0757. The van der Waals surface area contributed by atoms with Crippen molar-refractivity contribution in [3.8, 4) is 11.7 Å². The zero-order valence-electron chi connectivity index (χ0n) is 12.9. The number of furan rings is 1. The largest absolute Gasteiger partial charge is 0.444 e. The minimum Gasteiger partial charge on any atom is -0.444 e. The zero-order chi connectivity index (χ0) is 18.3. The summed E-state index contributed by atoms with van der Waals surface area (Å²) in [6, 6.07) is 9.48. The number of imide groups is 1. The Morgan fingerprint density at radius 3 is 2.35 bits per heavy atom. The van der Waals surface area contributed by atoms with Crippen molar-refractivity contribution in [3.63, 3.8) is 0 Å². The van der Waals surface area contributed by atoms with Crippen LogP contribution in [0.2, 0.25) is 0 Å². The van der Waals surface area contributed by atoms with Crippen molar-refractivity contribution in [1.29, 1.82) is 0 Å². The summed E-state index contributed by atoms with van der Waals surface area (Å²) in [4.78, 5) is 37.5. The van der Waals surface area contributed by atoms with Crippen LogP contribution in [-0.2, 0) is 4.79 Å². The average molecular weight is 417 g/mol. The summed E-state index contributed by atoms with van der Waals surface area (Å²) in [5.74, 6) is -1.29. The Labute approximate surface area is 154 Å². The van der Waals surface area contributed by atoms with Gasteiger partial charge in [-0.3, -0.25) is 24.6 Å². The molecule has 9 nitrogen and oxygen atoms in total. The minimum atomic E-state index is -0.643. The number of hydrogen-bond donors (Lipinski definition) is 1. The number of carbonyl (C=O) groups is 3. The second-order valence-corrected chi connectivity index (χ2v) is 6.09. The predicted molar refractivity (Wildman–Crippen MR) is 90.1 cm³/mol. The lowest BCUT2D eigenvalue weighted by Gasteiger charge is -2.12. The molecule has 1 aliphatic heterocycles. The van der Waals surface area contributed by atoms with Gasteiger partial charge < -0.3 is 8.83 Å². The third kappa shape index (κ3) is 2.80. The topological polar surface area (TPSA) is 119 Å². The molecular weight excluding hydrogens is 408 g/mol. The molecule has 3 amide bonds. The van der Waals surface area contributed by atoms with Crippen LogP contribution in [-0.4, -0.2) is 39.4 Å². The number of hydrogen-bond acceptors (Lipinski definition) is 7. The molecule has 130 valence electrons. The Kier molecular flexibility index (Phi) is 3.88. The van der Waals surface area contributed by atoms with Crippen molar-refractivity contribution in [2.75, 3.05) is 11.9 Å². The molecule has 0 bridgehead atoms.